The van der Waals surface area contributed by atoms with Gasteiger partial charge in [-0.25, -0.2) is 4.98 Å². The Morgan fingerprint density at radius 2 is 1.17 bits per heavy atom. The van der Waals surface area contributed by atoms with E-state index in [-0.39, 0.29) is 31.9 Å². The summed E-state index contributed by atoms with van der Waals surface area (Å²) in [6.07, 6.45) is 2.93. The fraction of sp³-hybridized carbons (Fsp3) is 0.356. The molecule has 0 aliphatic carbocycles. The number of imidazole rings is 1. The van der Waals surface area contributed by atoms with E-state index in [2.05, 4.69) is 153 Å². The topological polar surface area (TPSA) is 87.4 Å². The predicted molar refractivity (Wildman–Crippen MR) is 225 cm³/mol. The number of aryl methyl sites for hydroxylation is 2. The van der Waals surface area contributed by atoms with E-state index in [1.54, 1.807) is 42.3 Å². The van der Waals surface area contributed by atoms with Crippen LogP contribution in [0, 0.1) is 0 Å². The van der Waals surface area contributed by atoms with Gasteiger partial charge in [0.05, 0.1) is 17.1 Å². The maximum absolute atomic E-state index is 6.28. The average molecular weight is 877 g/mol. The summed E-state index contributed by atoms with van der Waals surface area (Å²) in [6.45, 7) is 11.1. The molecule has 0 aliphatic heterocycles. The Balaban J connectivity index is 0.000000886. The predicted octanol–water partition coefficient (Wildman–Crippen LogP) is 13.0. The van der Waals surface area contributed by atoms with Crippen molar-refractivity contribution in [3.05, 3.63) is 153 Å². The molecule has 0 saturated heterocycles. The quantitative estimate of drug-likeness (QED) is 0.135. The van der Waals surface area contributed by atoms with Crippen molar-refractivity contribution < 1.29 is 30.3 Å². The molecular weight excluding hydrogens is 819 g/mol. The van der Waals surface area contributed by atoms with Gasteiger partial charge in [0.25, 0.3) is 0 Å². The van der Waals surface area contributed by atoms with Crippen LogP contribution in [-0.2, 0) is 39.3 Å². The van der Waals surface area contributed by atoms with Crippen LogP contribution in [0.3, 0.4) is 0 Å². The van der Waals surface area contributed by atoms with Crippen LogP contribution < -0.4 is 0 Å². The Bertz CT molecular complexity index is 1900. The second-order valence-electron chi connectivity index (χ2n) is 13.3. The standard InChI is InChI=1S/C39H40N3O.3C2H6N.Hf/c1-7-34-36(32-20-13-14-23-35(32)43-34)33-24-42(6)39(40-33)38(31-19-12-11-18-30(31)27-16-9-8-10-17-27)41-37-28(25(2)3)21-15-22-29(37)26(4)5;3*1-3-2;/h8-26,38H,7H2,1-6H3;3*1-2H3;/q4*-1;. The molecule has 6 aromatic rings. The molecule has 282 valence electrons. The molecule has 0 fully saturated rings. The van der Waals surface area contributed by atoms with E-state index < -0.39 is 0 Å². The molecule has 0 spiro atoms. The zero-order valence-corrected chi connectivity index (χ0v) is 37.4. The Hall–Kier alpha value is -3.82. The molecule has 0 amide bonds. The maximum atomic E-state index is 6.28. The Morgan fingerprint density at radius 1 is 0.660 bits per heavy atom. The minimum absolute atomic E-state index is 0. The molecular formula is C45H58HfN6O-4. The van der Waals surface area contributed by atoms with Crippen molar-refractivity contribution in [1.29, 1.82) is 0 Å². The monoisotopic (exact) mass is 878 g/mol. The number of fused-ring (bicyclic) bond motifs is 1. The van der Waals surface area contributed by atoms with Crippen LogP contribution in [0.1, 0.15) is 80.8 Å². The first-order chi connectivity index (χ1) is 25.1. The molecule has 8 heteroatoms. The maximum Gasteiger partial charge on any atom is 0.134 e. The van der Waals surface area contributed by atoms with Crippen LogP contribution in [0.15, 0.2) is 108 Å². The molecule has 0 aliphatic rings. The third-order valence-electron chi connectivity index (χ3n) is 8.34. The molecule has 1 atom stereocenters. The van der Waals surface area contributed by atoms with E-state index in [1.165, 1.54) is 16.7 Å². The van der Waals surface area contributed by atoms with Gasteiger partial charge in [0, 0.05) is 50.9 Å². The molecule has 7 nitrogen and oxygen atoms in total. The van der Waals surface area contributed by atoms with Gasteiger partial charge >= 0.3 is 0 Å². The SMILES string of the molecule is CCc1oc2ccccc2c1-c1cn(C)c(C([N-]c2c(C(C)C)cccc2C(C)C)c2ccccc2-c2ccccc2)n1.C[N-]C.C[N-]C.C[N-]C.[Hf]. The van der Waals surface area contributed by atoms with Crippen LogP contribution in [0.5, 0.6) is 0 Å². The number of aromatic nitrogens is 2. The second-order valence-corrected chi connectivity index (χ2v) is 13.3. The van der Waals surface area contributed by atoms with E-state index in [4.69, 9.17) is 14.7 Å². The second kappa shape index (κ2) is 23.1. The molecule has 4 aromatic carbocycles. The van der Waals surface area contributed by atoms with Crippen LogP contribution in [0.25, 0.3) is 54.6 Å². The van der Waals surface area contributed by atoms with Crippen molar-refractivity contribution in [2.75, 3.05) is 42.3 Å². The van der Waals surface area contributed by atoms with Gasteiger partial charge in [-0.15, -0.1) is 5.69 Å². The number of para-hydroxylation sites is 2. The van der Waals surface area contributed by atoms with Gasteiger partial charge in [-0.1, -0.05) is 137 Å². The Morgan fingerprint density at radius 3 is 1.74 bits per heavy atom. The van der Waals surface area contributed by atoms with E-state index in [9.17, 15) is 0 Å². The smallest absolute Gasteiger partial charge is 0.134 e. The van der Waals surface area contributed by atoms with Gasteiger partial charge in [0.15, 0.2) is 0 Å². The normalized spacial score (nSPS) is 11.1. The van der Waals surface area contributed by atoms with Crippen molar-refractivity contribution >= 4 is 16.7 Å². The largest absolute Gasteiger partial charge is 0.671 e. The van der Waals surface area contributed by atoms with Gasteiger partial charge in [0.2, 0.25) is 0 Å². The van der Waals surface area contributed by atoms with E-state index in [0.29, 0.717) is 11.8 Å². The summed E-state index contributed by atoms with van der Waals surface area (Å²) < 4.78 is 8.43. The third-order valence-corrected chi connectivity index (χ3v) is 8.34. The van der Waals surface area contributed by atoms with Crippen molar-refractivity contribution in [3.63, 3.8) is 0 Å². The van der Waals surface area contributed by atoms with Crippen molar-refractivity contribution in [3.8, 4) is 22.4 Å². The fourth-order valence-corrected chi connectivity index (χ4v) is 6.15. The molecule has 2 aromatic heterocycles. The van der Waals surface area contributed by atoms with Gasteiger partial charge in [-0.2, -0.15) is 42.3 Å². The molecule has 0 saturated carbocycles. The first-order valence-corrected chi connectivity index (χ1v) is 18.1. The van der Waals surface area contributed by atoms with Gasteiger partial charge in [0.1, 0.15) is 11.3 Å². The zero-order chi connectivity index (χ0) is 38.2. The van der Waals surface area contributed by atoms with E-state index in [0.717, 1.165) is 57.0 Å². The number of benzene rings is 4. The molecule has 2 heterocycles. The summed E-state index contributed by atoms with van der Waals surface area (Å²) >= 11 is 0. The van der Waals surface area contributed by atoms with Crippen molar-refractivity contribution in [2.45, 2.75) is 58.9 Å². The van der Waals surface area contributed by atoms with Crippen molar-refractivity contribution in [1.82, 2.24) is 9.55 Å². The molecule has 0 radical (unpaired) electrons. The molecule has 6 rings (SSSR count). The first-order valence-electron chi connectivity index (χ1n) is 18.1. The first kappa shape index (κ1) is 45.3. The number of hydrogen-bond donors (Lipinski definition) is 0. The van der Waals surface area contributed by atoms with E-state index >= 15 is 0 Å². The van der Waals surface area contributed by atoms with Crippen LogP contribution in [0.2, 0.25) is 0 Å². The van der Waals surface area contributed by atoms with Gasteiger partial charge in [-0.3, -0.25) is 0 Å². The molecule has 0 N–H and O–H groups in total. The molecule has 0 bridgehead atoms. The van der Waals surface area contributed by atoms with E-state index in [1.807, 2.05) is 12.1 Å². The minimum atomic E-state index is -0.323. The Labute approximate surface area is 338 Å². The summed E-state index contributed by atoms with van der Waals surface area (Å²) in [5.41, 5.74) is 9.94. The minimum Gasteiger partial charge on any atom is -0.671 e. The molecule has 1 unspecified atom stereocenters. The van der Waals surface area contributed by atoms with Gasteiger partial charge in [-0.05, 0) is 40.6 Å². The number of nitrogens with zero attached hydrogens (tertiary/aromatic N) is 6. The van der Waals surface area contributed by atoms with Crippen molar-refractivity contribution in [2.24, 2.45) is 7.05 Å². The third kappa shape index (κ3) is 11.6. The van der Waals surface area contributed by atoms with Crippen LogP contribution in [0.4, 0.5) is 5.69 Å². The summed E-state index contributed by atoms with van der Waals surface area (Å²) in [4.78, 5) is 5.38. The van der Waals surface area contributed by atoms with Crippen LogP contribution >= 0.6 is 0 Å². The average Bonchev–Trinajstić information content (AvgIpc) is 3.71. The van der Waals surface area contributed by atoms with Crippen LogP contribution in [-0.4, -0.2) is 51.8 Å². The summed E-state index contributed by atoms with van der Waals surface area (Å²) in [7, 11) is 12.6. The fourth-order valence-electron chi connectivity index (χ4n) is 6.15. The Kier molecular flexibility index (Phi) is 19.7. The zero-order valence-electron chi connectivity index (χ0n) is 33.8. The summed E-state index contributed by atoms with van der Waals surface area (Å²) in [5.74, 6) is 2.53. The summed E-state index contributed by atoms with van der Waals surface area (Å²) in [6, 6.07) is 33.8. The number of hydrogen-bond acceptors (Lipinski definition) is 2. The molecule has 53 heavy (non-hydrogen) atoms. The number of furan rings is 1. The van der Waals surface area contributed by atoms with Gasteiger partial charge < -0.3 is 30.3 Å². The number of rotatable bonds is 9. The summed E-state index contributed by atoms with van der Waals surface area (Å²) in [5, 5.41) is 17.3.